The van der Waals surface area contributed by atoms with Gasteiger partial charge in [0.1, 0.15) is 0 Å². The second-order valence-corrected chi connectivity index (χ2v) is 2.94. The molecule has 0 spiro atoms. The quantitative estimate of drug-likeness (QED) is 0.445. The predicted octanol–water partition coefficient (Wildman–Crippen LogP) is 0.571. The van der Waals surface area contributed by atoms with Gasteiger partial charge < -0.3 is 5.21 Å². The molecule has 5 nitrogen and oxygen atoms in total. The van der Waals surface area contributed by atoms with Crippen molar-refractivity contribution in [2.24, 2.45) is 7.05 Å². The predicted molar refractivity (Wildman–Crippen MR) is 55.6 cm³/mol. The molecule has 0 unspecified atom stereocenters. The smallest absolute Gasteiger partial charge is 0.379 e. The third kappa shape index (κ3) is 2.85. The molecule has 0 saturated carbocycles. The van der Waals surface area contributed by atoms with E-state index in [9.17, 15) is 4.79 Å². The van der Waals surface area contributed by atoms with Gasteiger partial charge in [0, 0.05) is 7.05 Å². The third-order valence-corrected chi connectivity index (χ3v) is 1.98. The Morgan fingerprint density at radius 3 is 2.57 bits per heavy atom. The number of aryl methyl sites for hydroxylation is 1. The average Bonchev–Trinajstić information content (AvgIpc) is 2.46. The van der Waals surface area contributed by atoms with Crippen LogP contribution in [-0.4, -0.2) is 25.5 Å². The minimum Gasteiger partial charge on any atom is -0.422 e. The van der Waals surface area contributed by atoms with Crippen LogP contribution in [-0.2, 0) is 7.05 Å². The molecule has 1 N–H and O–H groups in total. The lowest BCUT2D eigenvalue weighted by Gasteiger charge is -1.90. The van der Waals surface area contributed by atoms with E-state index in [-0.39, 0.29) is 5.16 Å². The minimum absolute atomic E-state index is 0.209. The van der Waals surface area contributed by atoms with Gasteiger partial charge in [0.2, 0.25) is 5.16 Å². The Labute approximate surface area is 86.7 Å². The van der Waals surface area contributed by atoms with E-state index in [2.05, 4.69) is 11.0 Å². The summed E-state index contributed by atoms with van der Waals surface area (Å²) in [5.41, 5.74) is -0.575. The minimum atomic E-state index is -0.575. The van der Waals surface area contributed by atoms with E-state index in [4.69, 9.17) is 11.6 Å². The van der Waals surface area contributed by atoms with Gasteiger partial charge in [-0.2, -0.15) is 0 Å². The number of terminal acetylenes is 1. The van der Waals surface area contributed by atoms with Crippen molar-refractivity contribution in [3.05, 3.63) is 10.5 Å². The molecule has 1 aromatic rings. The summed E-state index contributed by atoms with van der Waals surface area (Å²) in [5.74, 6) is 2.73. The fourth-order valence-electron chi connectivity index (χ4n) is 0.629. The SMILES string of the molecule is C#CCSc1nn(C)c(=O)n1O.CC. The van der Waals surface area contributed by atoms with Gasteiger partial charge in [0.25, 0.3) is 0 Å². The van der Waals surface area contributed by atoms with Gasteiger partial charge in [-0.1, -0.05) is 31.5 Å². The van der Waals surface area contributed by atoms with Crippen LogP contribution in [0.3, 0.4) is 0 Å². The van der Waals surface area contributed by atoms with Crippen molar-refractivity contribution in [3.8, 4) is 12.3 Å². The fraction of sp³-hybridized carbons (Fsp3) is 0.500. The summed E-state index contributed by atoms with van der Waals surface area (Å²) in [6.07, 6.45) is 5.00. The van der Waals surface area contributed by atoms with E-state index < -0.39 is 5.69 Å². The summed E-state index contributed by atoms with van der Waals surface area (Å²) in [6.45, 7) is 4.00. The highest BCUT2D eigenvalue weighted by Gasteiger charge is 2.08. The normalized spacial score (nSPS) is 8.71. The lowest BCUT2D eigenvalue weighted by Crippen LogP contribution is -2.20. The summed E-state index contributed by atoms with van der Waals surface area (Å²) in [7, 11) is 1.45. The molecule has 0 aliphatic heterocycles. The van der Waals surface area contributed by atoms with Gasteiger partial charge in [-0.25, -0.2) is 9.48 Å². The Morgan fingerprint density at radius 2 is 2.21 bits per heavy atom. The molecule has 0 saturated heterocycles. The zero-order valence-corrected chi connectivity index (χ0v) is 9.21. The first kappa shape index (κ1) is 12.7. The van der Waals surface area contributed by atoms with E-state index in [1.165, 1.54) is 7.05 Å². The lowest BCUT2D eigenvalue weighted by atomic mass is 10.8. The Hall–Kier alpha value is -1.35. The monoisotopic (exact) mass is 215 g/mol. The van der Waals surface area contributed by atoms with Gasteiger partial charge in [0.15, 0.2) is 0 Å². The molecule has 1 aromatic heterocycles. The number of hydrogen-bond donors (Lipinski definition) is 1. The van der Waals surface area contributed by atoms with Crippen molar-refractivity contribution in [1.29, 1.82) is 0 Å². The highest BCUT2D eigenvalue weighted by Crippen LogP contribution is 2.10. The summed E-state index contributed by atoms with van der Waals surface area (Å²) >= 11 is 1.13. The largest absolute Gasteiger partial charge is 0.422 e. The summed E-state index contributed by atoms with van der Waals surface area (Å²) in [5, 5.41) is 13.0. The van der Waals surface area contributed by atoms with E-state index in [0.717, 1.165) is 16.4 Å². The van der Waals surface area contributed by atoms with Gasteiger partial charge in [-0.15, -0.1) is 16.3 Å². The van der Waals surface area contributed by atoms with Crippen LogP contribution < -0.4 is 5.69 Å². The van der Waals surface area contributed by atoms with Crippen molar-refractivity contribution in [2.45, 2.75) is 19.0 Å². The van der Waals surface area contributed by atoms with Crippen LogP contribution in [0.25, 0.3) is 0 Å². The van der Waals surface area contributed by atoms with E-state index in [1.807, 2.05) is 13.8 Å². The van der Waals surface area contributed by atoms with Crippen LogP contribution in [0, 0.1) is 12.3 Å². The first-order valence-electron chi connectivity index (χ1n) is 4.08. The standard InChI is InChI=1S/C6H7N3O2S.C2H6/c1-3-4-12-5-7-8(2)6(10)9(5)11;1-2/h1,11H,4H2,2H3;1-2H3. The molecule has 0 amide bonds. The molecular weight excluding hydrogens is 202 g/mol. The van der Waals surface area contributed by atoms with Gasteiger partial charge in [-0.05, 0) is 0 Å². The van der Waals surface area contributed by atoms with Gasteiger partial charge in [-0.3, -0.25) is 0 Å². The molecule has 0 atom stereocenters. The maximum atomic E-state index is 10.9. The summed E-state index contributed by atoms with van der Waals surface area (Å²) in [6, 6.07) is 0. The molecule has 6 heteroatoms. The zero-order chi connectivity index (χ0) is 11.1. The first-order valence-corrected chi connectivity index (χ1v) is 5.07. The van der Waals surface area contributed by atoms with Crippen molar-refractivity contribution in [3.63, 3.8) is 0 Å². The van der Waals surface area contributed by atoms with Crippen molar-refractivity contribution >= 4 is 11.8 Å². The summed E-state index contributed by atoms with van der Waals surface area (Å²) in [4.78, 5) is 10.9. The number of rotatable bonds is 2. The number of thioether (sulfide) groups is 1. The summed E-state index contributed by atoms with van der Waals surface area (Å²) < 4.78 is 1.51. The topological polar surface area (TPSA) is 60.0 Å². The number of nitrogens with zero attached hydrogens (tertiary/aromatic N) is 3. The second kappa shape index (κ2) is 6.16. The number of aromatic nitrogens is 3. The lowest BCUT2D eigenvalue weighted by molar-refractivity contribution is 0.149. The van der Waals surface area contributed by atoms with Crippen molar-refractivity contribution in [2.75, 3.05) is 5.75 Å². The molecule has 78 valence electrons. The van der Waals surface area contributed by atoms with Crippen molar-refractivity contribution < 1.29 is 5.21 Å². The van der Waals surface area contributed by atoms with E-state index in [1.54, 1.807) is 0 Å². The fourth-order valence-corrected chi connectivity index (χ4v) is 1.22. The molecule has 0 aliphatic carbocycles. The third-order valence-electron chi connectivity index (χ3n) is 1.16. The second-order valence-electron chi connectivity index (χ2n) is 1.99. The van der Waals surface area contributed by atoms with E-state index in [0.29, 0.717) is 10.5 Å². The molecule has 0 fully saturated rings. The van der Waals surface area contributed by atoms with E-state index >= 15 is 0 Å². The van der Waals surface area contributed by atoms with Gasteiger partial charge in [0.05, 0.1) is 5.75 Å². The molecule has 1 rings (SSSR count). The van der Waals surface area contributed by atoms with Crippen LogP contribution in [0.1, 0.15) is 13.8 Å². The van der Waals surface area contributed by atoms with Crippen LogP contribution >= 0.6 is 11.8 Å². The zero-order valence-electron chi connectivity index (χ0n) is 8.39. The molecule has 0 aromatic carbocycles. The molecular formula is C8H13N3O2S. The molecule has 14 heavy (non-hydrogen) atoms. The Morgan fingerprint density at radius 1 is 1.64 bits per heavy atom. The first-order chi connectivity index (χ1) is 6.66. The highest BCUT2D eigenvalue weighted by molar-refractivity contribution is 7.99. The number of hydrogen-bond acceptors (Lipinski definition) is 4. The molecule has 0 radical (unpaired) electrons. The molecule has 0 aliphatic rings. The van der Waals surface area contributed by atoms with Crippen LogP contribution in [0.4, 0.5) is 0 Å². The average molecular weight is 215 g/mol. The highest BCUT2D eigenvalue weighted by atomic mass is 32.2. The Kier molecular flexibility index (Phi) is 5.56. The molecule has 1 heterocycles. The van der Waals surface area contributed by atoms with Crippen LogP contribution in [0.5, 0.6) is 0 Å². The Balaban J connectivity index is 0.000000791. The molecule has 0 bridgehead atoms. The Bertz CT molecular complexity index is 375. The van der Waals surface area contributed by atoms with Crippen LogP contribution in [0.15, 0.2) is 9.95 Å². The maximum Gasteiger partial charge on any atom is 0.379 e. The van der Waals surface area contributed by atoms with Gasteiger partial charge >= 0.3 is 5.69 Å². The van der Waals surface area contributed by atoms with Crippen molar-refractivity contribution in [1.82, 2.24) is 14.5 Å². The van der Waals surface area contributed by atoms with Crippen LogP contribution in [0.2, 0.25) is 0 Å². The maximum absolute atomic E-state index is 10.9.